The summed E-state index contributed by atoms with van der Waals surface area (Å²) >= 11 is 0. The van der Waals surface area contributed by atoms with Gasteiger partial charge in [0, 0.05) is 31.5 Å². The minimum Gasteiger partial charge on any atom is -0.338 e. The predicted octanol–water partition coefficient (Wildman–Crippen LogP) is 4.31. The molecule has 0 bridgehead atoms. The second-order valence-corrected chi connectivity index (χ2v) is 7.40. The highest BCUT2D eigenvalue weighted by molar-refractivity contribution is 5.74. The molecule has 1 aromatic heterocycles. The molecule has 29 heavy (non-hydrogen) atoms. The van der Waals surface area contributed by atoms with E-state index in [1.54, 1.807) is 35.2 Å². The number of urea groups is 1. The molecule has 0 saturated carbocycles. The molecule has 6 heteroatoms. The molecule has 0 aliphatic carbocycles. The van der Waals surface area contributed by atoms with Gasteiger partial charge in [-0.1, -0.05) is 56.3 Å². The normalized spacial score (nSPS) is 12.0. The van der Waals surface area contributed by atoms with Gasteiger partial charge in [-0.05, 0) is 29.5 Å². The van der Waals surface area contributed by atoms with E-state index in [-0.39, 0.29) is 11.8 Å². The first-order chi connectivity index (χ1) is 14.0. The number of amides is 2. The van der Waals surface area contributed by atoms with Crippen LogP contribution in [0.15, 0.2) is 60.9 Å². The Balaban J connectivity index is 1.63. The number of benzene rings is 2. The fourth-order valence-electron chi connectivity index (χ4n) is 3.22. The largest absolute Gasteiger partial charge is 0.338 e. The van der Waals surface area contributed by atoms with Gasteiger partial charge in [0.2, 0.25) is 0 Å². The van der Waals surface area contributed by atoms with E-state index in [1.807, 2.05) is 7.05 Å². The first-order valence-electron chi connectivity index (χ1n) is 9.80. The zero-order valence-electron chi connectivity index (χ0n) is 17.0. The monoisotopic (exact) mass is 394 g/mol. The smallest absolute Gasteiger partial charge is 0.315 e. The number of aromatic nitrogens is 2. The molecule has 0 fully saturated rings. The Kier molecular flexibility index (Phi) is 6.65. The van der Waals surface area contributed by atoms with E-state index < -0.39 is 6.04 Å². The van der Waals surface area contributed by atoms with Crippen LogP contribution in [0.3, 0.4) is 0 Å². The molecule has 2 N–H and O–H groups in total. The van der Waals surface area contributed by atoms with Crippen molar-refractivity contribution in [3.8, 4) is 0 Å². The average molecular weight is 394 g/mol. The zero-order valence-corrected chi connectivity index (χ0v) is 17.0. The van der Waals surface area contributed by atoms with Gasteiger partial charge in [0.05, 0.1) is 0 Å². The van der Waals surface area contributed by atoms with E-state index in [9.17, 15) is 9.18 Å². The number of hydrogen-bond donors (Lipinski definition) is 2. The Morgan fingerprint density at radius 3 is 2.48 bits per heavy atom. The van der Waals surface area contributed by atoms with E-state index in [4.69, 9.17) is 0 Å². The predicted molar refractivity (Wildman–Crippen MR) is 112 cm³/mol. The summed E-state index contributed by atoms with van der Waals surface area (Å²) < 4.78 is 16.1. The molecule has 1 heterocycles. The molecule has 0 aliphatic heterocycles. The third-order valence-electron chi connectivity index (χ3n) is 4.95. The summed E-state index contributed by atoms with van der Waals surface area (Å²) in [6, 6.07) is 13.8. The lowest BCUT2D eigenvalue weighted by molar-refractivity contribution is 0.238. The third kappa shape index (κ3) is 5.22. The van der Waals surface area contributed by atoms with Gasteiger partial charge in [-0.3, -0.25) is 0 Å². The second kappa shape index (κ2) is 9.37. The number of imidazole rings is 1. The number of aryl methyl sites for hydroxylation is 1. The Morgan fingerprint density at radius 2 is 1.86 bits per heavy atom. The van der Waals surface area contributed by atoms with Gasteiger partial charge in [0.1, 0.15) is 17.7 Å². The van der Waals surface area contributed by atoms with E-state index in [0.717, 1.165) is 12.0 Å². The van der Waals surface area contributed by atoms with Gasteiger partial charge in [-0.2, -0.15) is 0 Å². The molecule has 0 saturated heterocycles. The van der Waals surface area contributed by atoms with E-state index in [0.29, 0.717) is 23.9 Å². The van der Waals surface area contributed by atoms with Crippen LogP contribution in [0.4, 0.5) is 9.18 Å². The van der Waals surface area contributed by atoms with Crippen molar-refractivity contribution in [2.75, 3.05) is 6.54 Å². The van der Waals surface area contributed by atoms with Crippen LogP contribution >= 0.6 is 0 Å². The van der Waals surface area contributed by atoms with Crippen molar-refractivity contribution in [2.45, 2.75) is 32.2 Å². The molecule has 2 aromatic carbocycles. The van der Waals surface area contributed by atoms with Crippen LogP contribution < -0.4 is 10.6 Å². The molecule has 3 rings (SSSR count). The fraction of sp³-hybridized carbons (Fsp3) is 0.304. The topological polar surface area (TPSA) is 59.0 Å². The number of rotatable bonds is 7. The first-order valence-corrected chi connectivity index (χ1v) is 9.80. The Bertz CT molecular complexity index is 950. The number of carbonyl (C=O) groups excluding carboxylic acids is 1. The molecule has 3 aromatic rings. The Morgan fingerprint density at radius 1 is 1.14 bits per heavy atom. The zero-order chi connectivity index (χ0) is 20.8. The van der Waals surface area contributed by atoms with Crippen LogP contribution in [-0.2, 0) is 13.5 Å². The molecule has 1 atom stereocenters. The van der Waals surface area contributed by atoms with Gasteiger partial charge >= 0.3 is 6.03 Å². The van der Waals surface area contributed by atoms with E-state index >= 15 is 0 Å². The average Bonchev–Trinajstić information content (AvgIpc) is 3.13. The van der Waals surface area contributed by atoms with Crippen LogP contribution in [0.1, 0.15) is 48.3 Å². The molecule has 0 aliphatic rings. The number of hydrogen-bond acceptors (Lipinski definition) is 2. The van der Waals surface area contributed by atoms with Crippen molar-refractivity contribution in [1.82, 2.24) is 20.2 Å². The lowest BCUT2D eigenvalue weighted by Gasteiger charge is -2.20. The first kappa shape index (κ1) is 20.6. The lowest BCUT2D eigenvalue weighted by atomic mass is 10.0. The van der Waals surface area contributed by atoms with Gasteiger partial charge in [0.15, 0.2) is 0 Å². The molecule has 5 nitrogen and oxygen atoms in total. The molecule has 0 spiro atoms. The SMILES string of the molecule is CC(C)c1ccc(CCNC(=O)N[C@@H](c2ccccc2F)c2nccn2C)cc1. The maximum absolute atomic E-state index is 14.4. The third-order valence-corrected chi connectivity index (χ3v) is 4.95. The van der Waals surface area contributed by atoms with Gasteiger partial charge in [-0.15, -0.1) is 0 Å². The van der Waals surface area contributed by atoms with Crippen LogP contribution in [-0.4, -0.2) is 22.1 Å². The molecular formula is C23H27FN4O. The fourth-order valence-corrected chi connectivity index (χ4v) is 3.22. The summed E-state index contributed by atoms with van der Waals surface area (Å²) in [5.74, 6) is 0.676. The summed E-state index contributed by atoms with van der Waals surface area (Å²) in [6.07, 6.45) is 4.12. The number of nitrogens with zero attached hydrogens (tertiary/aromatic N) is 2. The maximum atomic E-state index is 14.4. The van der Waals surface area contributed by atoms with Crippen molar-refractivity contribution in [2.24, 2.45) is 7.05 Å². The van der Waals surface area contributed by atoms with E-state index in [2.05, 4.69) is 53.7 Å². The Hall–Kier alpha value is -3.15. The van der Waals surface area contributed by atoms with Crippen LogP contribution in [0, 0.1) is 5.82 Å². The quantitative estimate of drug-likeness (QED) is 0.627. The maximum Gasteiger partial charge on any atom is 0.315 e. The van der Waals surface area contributed by atoms with Crippen molar-refractivity contribution >= 4 is 6.03 Å². The van der Waals surface area contributed by atoms with Gasteiger partial charge in [-0.25, -0.2) is 14.2 Å². The Labute approximate surface area is 171 Å². The van der Waals surface area contributed by atoms with Gasteiger partial charge in [0.25, 0.3) is 0 Å². The van der Waals surface area contributed by atoms with Crippen LogP contribution in [0.2, 0.25) is 0 Å². The molecule has 2 amide bonds. The molecule has 0 radical (unpaired) electrons. The summed E-state index contributed by atoms with van der Waals surface area (Å²) in [5.41, 5.74) is 2.83. The number of carbonyl (C=O) groups is 1. The van der Waals surface area contributed by atoms with Crippen molar-refractivity contribution in [3.63, 3.8) is 0 Å². The van der Waals surface area contributed by atoms with Crippen molar-refractivity contribution in [3.05, 3.63) is 89.3 Å². The highest BCUT2D eigenvalue weighted by Gasteiger charge is 2.23. The summed E-state index contributed by atoms with van der Waals surface area (Å²) in [4.78, 5) is 16.8. The standard InChI is InChI=1S/C23H27FN4O/c1-16(2)18-10-8-17(9-11-18)12-13-26-23(29)27-21(22-25-14-15-28(22)3)19-6-4-5-7-20(19)24/h4-11,14-16,21H,12-13H2,1-3H3,(H2,26,27,29)/t21-/m0/s1. The number of halogens is 1. The molecule has 0 unspecified atom stereocenters. The van der Waals surface area contributed by atoms with Gasteiger partial charge < -0.3 is 15.2 Å². The minimum atomic E-state index is -0.679. The minimum absolute atomic E-state index is 0.361. The number of nitrogens with one attached hydrogen (secondary N) is 2. The van der Waals surface area contributed by atoms with Crippen LogP contribution in [0.25, 0.3) is 0 Å². The summed E-state index contributed by atoms with van der Waals surface area (Å²) in [6.45, 7) is 4.81. The summed E-state index contributed by atoms with van der Waals surface area (Å²) in [5, 5.41) is 5.71. The summed E-state index contributed by atoms with van der Waals surface area (Å²) in [7, 11) is 1.82. The van der Waals surface area contributed by atoms with Crippen molar-refractivity contribution in [1.29, 1.82) is 0 Å². The van der Waals surface area contributed by atoms with E-state index in [1.165, 1.54) is 11.6 Å². The lowest BCUT2D eigenvalue weighted by Crippen LogP contribution is -2.40. The highest BCUT2D eigenvalue weighted by Crippen LogP contribution is 2.23. The molecular weight excluding hydrogens is 367 g/mol. The second-order valence-electron chi connectivity index (χ2n) is 7.40. The molecule has 152 valence electrons. The van der Waals surface area contributed by atoms with Crippen LogP contribution in [0.5, 0.6) is 0 Å². The van der Waals surface area contributed by atoms with Crippen molar-refractivity contribution < 1.29 is 9.18 Å². The highest BCUT2D eigenvalue weighted by atomic mass is 19.1.